The maximum atomic E-state index is 11.9. The van der Waals surface area contributed by atoms with Crippen LogP contribution in [0.25, 0.3) is 0 Å². The molecule has 0 fully saturated rings. The van der Waals surface area contributed by atoms with E-state index in [4.69, 9.17) is 9.47 Å². The van der Waals surface area contributed by atoms with Crippen molar-refractivity contribution in [3.8, 4) is 5.75 Å². The molecule has 31 heavy (non-hydrogen) atoms. The molecule has 0 unspecified atom stereocenters. The summed E-state index contributed by atoms with van der Waals surface area (Å²) >= 11 is 0. The van der Waals surface area contributed by atoms with Crippen LogP contribution in [0.4, 0.5) is 5.69 Å². The number of hydrogen-bond donors (Lipinski definition) is 2. The third-order valence-electron chi connectivity index (χ3n) is 4.50. The van der Waals surface area contributed by atoms with E-state index in [9.17, 15) is 9.59 Å². The highest BCUT2D eigenvalue weighted by Gasteiger charge is 2.15. The Labute approximate surface area is 185 Å². The fourth-order valence-corrected chi connectivity index (χ4v) is 2.87. The number of rotatable bonds is 9. The van der Waals surface area contributed by atoms with Gasteiger partial charge in [-0.3, -0.25) is 4.79 Å². The Bertz CT molecular complexity index is 879. The van der Waals surface area contributed by atoms with E-state index in [2.05, 4.69) is 17.2 Å². The van der Waals surface area contributed by atoms with Crippen molar-refractivity contribution in [3.05, 3.63) is 71.4 Å². The van der Waals surface area contributed by atoms with Crippen molar-refractivity contribution < 1.29 is 19.1 Å². The van der Waals surface area contributed by atoms with Crippen LogP contribution in [-0.2, 0) is 22.6 Å². The van der Waals surface area contributed by atoms with Crippen LogP contribution in [0, 0.1) is 0 Å². The molecule has 0 aliphatic carbocycles. The average Bonchev–Trinajstić information content (AvgIpc) is 2.82. The van der Waals surface area contributed by atoms with Gasteiger partial charge in [0.2, 0.25) is 0 Å². The zero-order chi connectivity index (χ0) is 23.4. The topological polar surface area (TPSA) is 79.9 Å². The minimum Gasteiger partial charge on any atom is -0.494 e. The number of amides is 1. The lowest BCUT2D eigenvalue weighted by molar-refractivity contribution is -0.117. The molecule has 0 aliphatic heterocycles. The summed E-state index contributed by atoms with van der Waals surface area (Å²) in [6, 6.07) is 13.1. The third kappa shape index (κ3) is 7.06. The average molecular weight is 428 g/mol. The maximum Gasteiger partial charge on any atom is 0.337 e. The monoisotopic (exact) mass is 427 g/mol. The van der Waals surface area contributed by atoms with E-state index < -0.39 is 0 Å². The van der Waals surface area contributed by atoms with E-state index >= 15 is 0 Å². The van der Waals surface area contributed by atoms with Gasteiger partial charge in [-0.15, -0.1) is 0 Å². The van der Waals surface area contributed by atoms with E-state index in [1.54, 1.807) is 26.3 Å². The van der Waals surface area contributed by atoms with Gasteiger partial charge in [0, 0.05) is 32.7 Å². The quantitative estimate of drug-likeness (QED) is 0.471. The van der Waals surface area contributed by atoms with Crippen LogP contribution in [0.1, 0.15) is 35.3 Å². The number of para-hydroxylation sites is 1. The third-order valence-corrected chi connectivity index (χ3v) is 4.50. The minimum absolute atomic E-state index is 0.265. The molecule has 0 saturated carbocycles. The fourth-order valence-electron chi connectivity index (χ4n) is 2.87. The molecule has 0 spiro atoms. The molecule has 0 saturated heterocycles. The van der Waals surface area contributed by atoms with Gasteiger partial charge in [-0.1, -0.05) is 44.7 Å². The highest BCUT2D eigenvalue weighted by molar-refractivity contribution is 5.92. The van der Waals surface area contributed by atoms with Crippen molar-refractivity contribution in [2.45, 2.75) is 26.9 Å². The molecule has 7 nitrogen and oxygen atoms in total. The number of nitrogens with one attached hydrogen (secondary N) is 2. The molecule has 0 bridgehead atoms. The van der Waals surface area contributed by atoms with Crippen molar-refractivity contribution in [2.24, 2.45) is 0 Å². The zero-order valence-electron chi connectivity index (χ0n) is 19.2. The van der Waals surface area contributed by atoms with Crippen molar-refractivity contribution in [3.63, 3.8) is 0 Å². The van der Waals surface area contributed by atoms with Gasteiger partial charge in [0.05, 0.1) is 31.2 Å². The Balaban J connectivity index is 0.00000233. The number of likely N-dealkylation sites (N-methyl/N-ethyl adjacent to an activating group) is 1. The van der Waals surface area contributed by atoms with E-state index in [1.165, 1.54) is 7.11 Å². The Morgan fingerprint density at radius 1 is 1.06 bits per heavy atom. The molecule has 7 heteroatoms. The van der Waals surface area contributed by atoms with Gasteiger partial charge in [-0.25, -0.2) is 4.79 Å². The number of methoxy groups -OCH3 is 2. The lowest BCUT2D eigenvalue weighted by atomic mass is 10.1. The standard InChI is InChI=1S/C22H27N3O4.C2H6/c1-15(23-2)21(26)24-13-18-7-6-8-19(20(18)28-4)25(3)14-16-9-11-17(12-10-16)22(27)29-5;1-2/h6-12,23H,1,13-14H2,2-5H3,(H,24,26);1-2H3. The Morgan fingerprint density at radius 3 is 2.26 bits per heavy atom. The largest absolute Gasteiger partial charge is 0.494 e. The summed E-state index contributed by atoms with van der Waals surface area (Å²) in [5.41, 5.74) is 3.59. The summed E-state index contributed by atoms with van der Waals surface area (Å²) in [5.74, 6) is 0.0674. The first kappa shape index (κ1) is 25.6. The molecule has 0 aromatic heterocycles. The molecular weight excluding hydrogens is 394 g/mol. The number of hydrogen-bond acceptors (Lipinski definition) is 6. The molecule has 0 radical (unpaired) electrons. The summed E-state index contributed by atoms with van der Waals surface area (Å²) in [4.78, 5) is 25.6. The zero-order valence-corrected chi connectivity index (χ0v) is 19.2. The van der Waals surface area contributed by atoms with Crippen LogP contribution >= 0.6 is 0 Å². The predicted molar refractivity (Wildman–Crippen MR) is 124 cm³/mol. The molecule has 0 aliphatic rings. The van der Waals surface area contributed by atoms with Crippen molar-refractivity contribution >= 4 is 17.6 Å². The maximum absolute atomic E-state index is 11.9. The Morgan fingerprint density at radius 2 is 1.71 bits per heavy atom. The van der Waals surface area contributed by atoms with Crippen molar-refractivity contribution in [2.75, 3.05) is 33.2 Å². The van der Waals surface area contributed by atoms with Crippen molar-refractivity contribution in [1.82, 2.24) is 10.6 Å². The van der Waals surface area contributed by atoms with Crippen LogP contribution in [0.3, 0.4) is 0 Å². The second kappa shape index (κ2) is 13.0. The Hall–Kier alpha value is -3.48. The van der Waals surface area contributed by atoms with Crippen LogP contribution in [-0.4, -0.2) is 40.2 Å². The van der Waals surface area contributed by atoms with Gasteiger partial charge in [0.25, 0.3) is 5.91 Å². The second-order valence-electron chi connectivity index (χ2n) is 6.43. The SMILES string of the molecule is C=C(NC)C(=O)NCc1cccc(N(C)Cc2ccc(C(=O)OC)cc2)c1OC.CC. The number of anilines is 1. The molecule has 2 N–H and O–H groups in total. The minimum atomic E-state index is -0.359. The smallest absolute Gasteiger partial charge is 0.337 e. The molecule has 2 aromatic rings. The van der Waals surface area contributed by atoms with Gasteiger partial charge in [-0.05, 0) is 23.8 Å². The molecular formula is C24H33N3O4. The van der Waals surface area contributed by atoms with E-state index in [0.717, 1.165) is 16.8 Å². The molecule has 2 aromatic carbocycles. The van der Waals surface area contributed by atoms with E-state index in [-0.39, 0.29) is 11.9 Å². The van der Waals surface area contributed by atoms with Crippen LogP contribution < -0.4 is 20.3 Å². The summed E-state index contributed by atoms with van der Waals surface area (Å²) in [7, 11) is 6.57. The molecule has 1 amide bonds. The van der Waals surface area contributed by atoms with Gasteiger partial charge < -0.3 is 25.0 Å². The normalized spacial score (nSPS) is 9.61. The summed E-state index contributed by atoms with van der Waals surface area (Å²) in [6.07, 6.45) is 0. The lowest BCUT2D eigenvalue weighted by Gasteiger charge is -2.24. The van der Waals surface area contributed by atoms with Crippen LogP contribution in [0.5, 0.6) is 5.75 Å². The van der Waals surface area contributed by atoms with Gasteiger partial charge in [0.15, 0.2) is 0 Å². The molecule has 0 heterocycles. The summed E-state index contributed by atoms with van der Waals surface area (Å²) in [5, 5.41) is 5.55. The molecule has 0 atom stereocenters. The fraction of sp³-hybridized carbons (Fsp3) is 0.333. The van der Waals surface area contributed by atoms with Gasteiger partial charge >= 0.3 is 5.97 Å². The highest BCUT2D eigenvalue weighted by Crippen LogP contribution is 2.32. The first-order valence-electron chi connectivity index (χ1n) is 10.1. The molecule has 168 valence electrons. The number of benzene rings is 2. The van der Waals surface area contributed by atoms with Gasteiger partial charge in [-0.2, -0.15) is 0 Å². The lowest BCUT2D eigenvalue weighted by Crippen LogP contribution is -2.29. The summed E-state index contributed by atoms with van der Waals surface area (Å²) < 4.78 is 10.4. The van der Waals surface area contributed by atoms with E-state index in [0.29, 0.717) is 30.1 Å². The highest BCUT2D eigenvalue weighted by atomic mass is 16.5. The van der Waals surface area contributed by atoms with Crippen molar-refractivity contribution in [1.29, 1.82) is 0 Å². The predicted octanol–water partition coefficient (Wildman–Crippen LogP) is 3.49. The van der Waals surface area contributed by atoms with Crippen LogP contribution in [0.15, 0.2) is 54.7 Å². The second-order valence-corrected chi connectivity index (χ2v) is 6.43. The van der Waals surface area contributed by atoms with Gasteiger partial charge in [0.1, 0.15) is 5.75 Å². The first-order valence-corrected chi connectivity index (χ1v) is 10.1. The summed E-state index contributed by atoms with van der Waals surface area (Å²) in [6.45, 7) is 8.58. The number of carbonyl (C=O) groups is 2. The first-order chi connectivity index (χ1) is 14.9. The van der Waals surface area contributed by atoms with E-state index in [1.807, 2.05) is 56.1 Å². The van der Waals surface area contributed by atoms with Crippen LogP contribution in [0.2, 0.25) is 0 Å². The number of carbonyl (C=O) groups excluding carboxylic acids is 2. The molecule has 2 rings (SSSR count). The number of nitrogens with zero attached hydrogens (tertiary/aromatic N) is 1. The number of ether oxygens (including phenoxy) is 2. The number of esters is 1. The Kier molecular flexibility index (Phi) is 10.7.